The Hall–Kier alpha value is -2.77. The second kappa shape index (κ2) is 7.57. The fraction of sp³-hybridized carbons (Fsp3) is 0.381. The van der Waals surface area contributed by atoms with Crippen LogP contribution in [0.2, 0.25) is 0 Å². The zero-order chi connectivity index (χ0) is 21.4. The Bertz CT molecular complexity index is 919. The third-order valence-electron chi connectivity index (χ3n) is 4.32. The standard InChI is InChI=1S/C21H21F4NO3/c1-20(2,3)29-19(27)26-9-8-13-4-5-15(10-14(13)12-26)28-16-6-7-17(18(22)11-16)21(23,24)25/h4-7,10-11H,8-9,12H2,1-3H3. The molecule has 0 radical (unpaired) electrons. The lowest BCUT2D eigenvalue weighted by Gasteiger charge is -2.31. The summed E-state index contributed by atoms with van der Waals surface area (Å²) in [7, 11) is 0. The molecule has 0 N–H and O–H groups in total. The maximum Gasteiger partial charge on any atom is 0.419 e. The fourth-order valence-corrected chi connectivity index (χ4v) is 3.00. The second-order valence-corrected chi connectivity index (χ2v) is 7.82. The second-order valence-electron chi connectivity index (χ2n) is 7.82. The lowest BCUT2D eigenvalue weighted by molar-refractivity contribution is -0.140. The van der Waals surface area contributed by atoms with E-state index >= 15 is 0 Å². The Kier molecular flexibility index (Phi) is 5.47. The summed E-state index contributed by atoms with van der Waals surface area (Å²) < 4.78 is 62.7. The predicted octanol–water partition coefficient (Wildman–Crippen LogP) is 5.93. The number of carbonyl (C=O) groups excluding carboxylic acids is 1. The smallest absolute Gasteiger partial charge is 0.419 e. The largest absolute Gasteiger partial charge is 0.457 e. The van der Waals surface area contributed by atoms with Gasteiger partial charge in [0.15, 0.2) is 0 Å². The van der Waals surface area contributed by atoms with Crippen LogP contribution in [0.3, 0.4) is 0 Å². The average Bonchev–Trinajstić information content (AvgIpc) is 2.58. The van der Waals surface area contributed by atoms with E-state index in [0.29, 0.717) is 37.4 Å². The molecule has 156 valence electrons. The van der Waals surface area contributed by atoms with Gasteiger partial charge in [-0.1, -0.05) is 6.07 Å². The molecule has 1 heterocycles. The van der Waals surface area contributed by atoms with Gasteiger partial charge >= 0.3 is 12.3 Å². The molecule has 1 aliphatic rings. The SMILES string of the molecule is CC(C)(C)OC(=O)N1CCc2ccc(Oc3ccc(C(F)(F)F)c(F)c3)cc2C1. The molecular formula is C21H21F4NO3. The molecule has 4 nitrogen and oxygen atoms in total. The number of amides is 1. The number of nitrogens with zero attached hydrogens (tertiary/aromatic N) is 1. The van der Waals surface area contributed by atoms with Gasteiger partial charge in [0.1, 0.15) is 22.9 Å². The first-order chi connectivity index (χ1) is 13.4. The van der Waals surface area contributed by atoms with Crippen molar-refractivity contribution in [3.05, 3.63) is 58.9 Å². The number of hydrogen-bond acceptors (Lipinski definition) is 3. The number of benzene rings is 2. The van der Waals surface area contributed by atoms with Gasteiger partial charge in [-0.05, 0) is 62.6 Å². The topological polar surface area (TPSA) is 38.8 Å². The number of hydrogen-bond donors (Lipinski definition) is 0. The van der Waals surface area contributed by atoms with Crippen LogP contribution in [0.4, 0.5) is 22.4 Å². The molecule has 0 aliphatic carbocycles. The normalized spacial score (nSPS) is 14.4. The maximum absolute atomic E-state index is 13.7. The van der Waals surface area contributed by atoms with E-state index in [-0.39, 0.29) is 5.75 Å². The third kappa shape index (κ3) is 5.19. The van der Waals surface area contributed by atoms with E-state index < -0.39 is 29.3 Å². The first-order valence-electron chi connectivity index (χ1n) is 9.07. The summed E-state index contributed by atoms with van der Waals surface area (Å²) in [4.78, 5) is 13.9. The molecule has 0 fully saturated rings. The molecule has 3 rings (SSSR count). The van der Waals surface area contributed by atoms with Crippen LogP contribution < -0.4 is 4.74 Å². The zero-order valence-electron chi connectivity index (χ0n) is 16.3. The molecule has 0 spiro atoms. The van der Waals surface area contributed by atoms with Crippen LogP contribution in [0.25, 0.3) is 0 Å². The molecule has 1 amide bonds. The number of alkyl halides is 3. The molecule has 0 bridgehead atoms. The van der Waals surface area contributed by atoms with Gasteiger partial charge in [0, 0.05) is 19.2 Å². The van der Waals surface area contributed by atoms with Gasteiger partial charge in [0.2, 0.25) is 0 Å². The Labute approximate surface area is 166 Å². The van der Waals surface area contributed by atoms with Crippen LogP contribution in [0.15, 0.2) is 36.4 Å². The van der Waals surface area contributed by atoms with Crippen molar-refractivity contribution >= 4 is 6.09 Å². The van der Waals surface area contributed by atoms with Crippen LogP contribution in [0.1, 0.15) is 37.5 Å². The van der Waals surface area contributed by atoms with Gasteiger partial charge in [-0.3, -0.25) is 0 Å². The summed E-state index contributed by atoms with van der Waals surface area (Å²) in [5, 5.41) is 0. The van der Waals surface area contributed by atoms with E-state index in [9.17, 15) is 22.4 Å². The summed E-state index contributed by atoms with van der Waals surface area (Å²) in [6.45, 7) is 6.21. The Morgan fingerprint density at radius 2 is 1.66 bits per heavy atom. The summed E-state index contributed by atoms with van der Waals surface area (Å²) in [6.07, 6.45) is -4.54. The van der Waals surface area contributed by atoms with Crippen molar-refractivity contribution in [2.24, 2.45) is 0 Å². The van der Waals surface area contributed by atoms with Gasteiger partial charge in [-0.25, -0.2) is 9.18 Å². The summed E-state index contributed by atoms with van der Waals surface area (Å²) in [5.74, 6) is -1.10. The molecule has 1 aliphatic heterocycles. The van der Waals surface area contributed by atoms with Crippen molar-refractivity contribution in [1.82, 2.24) is 4.90 Å². The highest BCUT2D eigenvalue weighted by atomic mass is 19.4. The molecule has 2 aromatic carbocycles. The molecule has 0 unspecified atom stereocenters. The van der Waals surface area contributed by atoms with E-state index in [1.165, 1.54) is 0 Å². The minimum atomic E-state index is -4.76. The molecule has 29 heavy (non-hydrogen) atoms. The Balaban J connectivity index is 1.75. The van der Waals surface area contributed by atoms with Crippen LogP contribution >= 0.6 is 0 Å². The first-order valence-corrected chi connectivity index (χ1v) is 9.07. The minimum Gasteiger partial charge on any atom is -0.457 e. The van der Waals surface area contributed by atoms with Crippen LogP contribution in [-0.2, 0) is 23.9 Å². The molecule has 0 saturated carbocycles. The molecule has 0 aromatic heterocycles. The summed E-state index contributed by atoms with van der Waals surface area (Å²) >= 11 is 0. The van der Waals surface area contributed by atoms with Crippen LogP contribution in [0, 0.1) is 5.82 Å². The van der Waals surface area contributed by atoms with Crippen molar-refractivity contribution in [3.8, 4) is 11.5 Å². The maximum atomic E-state index is 13.7. The molecule has 0 saturated heterocycles. The van der Waals surface area contributed by atoms with Gasteiger partial charge in [0.25, 0.3) is 0 Å². The van der Waals surface area contributed by atoms with Crippen molar-refractivity contribution < 1.29 is 31.8 Å². The van der Waals surface area contributed by atoms with E-state index in [2.05, 4.69) is 0 Å². The van der Waals surface area contributed by atoms with Crippen LogP contribution in [0.5, 0.6) is 11.5 Å². The minimum absolute atomic E-state index is 0.0461. The summed E-state index contributed by atoms with van der Waals surface area (Å²) in [5.41, 5.74) is -0.0688. The Morgan fingerprint density at radius 3 is 2.28 bits per heavy atom. The van der Waals surface area contributed by atoms with Gasteiger partial charge in [-0.2, -0.15) is 13.2 Å². The predicted molar refractivity (Wildman–Crippen MR) is 98.3 cm³/mol. The quantitative estimate of drug-likeness (QED) is 0.575. The van der Waals surface area contributed by atoms with Crippen molar-refractivity contribution in [2.75, 3.05) is 6.54 Å². The van der Waals surface area contributed by atoms with Gasteiger partial charge < -0.3 is 14.4 Å². The van der Waals surface area contributed by atoms with E-state index in [4.69, 9.17) is 9.47 Å². The molecule has 8 heteroatoms. The highest BCUT2D eigenvalue weighted by Crippen LogP contribution is 2.34. The highest BCUT2D eigenvalue weighted by molar-refractivity contribution is 5.68. The lowest BCUT2D eigenvalue weighted by Crippen LogP contribution is -2.39. The summed E-state index contributed by atoms with van der Waals surface area (Å²) in [6, 6.07) is 7.61. The number of fused-ring (bicyclic) bond motifs is 1. The molecular weight excluding hydrogens is 390 g/mol. The van der Waals surface area contributed by atoms with E-state index in [1.807, 2.05) is 6.07 Å². The Morgan fingerprint density at radius 1 is 1.00 bits per heavy atom. The van der Waals surface area contributed by atoms with Gasteiger partial charge in [0.05, 0.1) is 5.56 Å². The third-order valence-corrected chi connectivity index (χ3v) is 4.32. The van der Waals surface area contributed by atoms with Gasteiger partial charge in [-0.15, -0.1) is 0 Å². The van der Waals surface area contributed by atoms with Crippen molar-refractivity contribution in [3.63, 3.8) is 0 Å². The number of halogens is 4. The van der Waals surface area contributed by atoms with Crippen molar-refractivity contribution in [2.45, 2.75) is 45.5 Å². The number of carbonyl (C=O) groups is 1. The number of rotatable bonds is 2. The van der Waals surface area contributed by atoms with Crippen molar-refractivity contribution in [1.29, 1.82) is 0 Å². The first kappa shape index (κ1) is 21.0. The monoisotopic (exact) mass is 411 g/mol. The zero-order valence-corrected chi connectivity index (χ0v) is 16.3. The number of ether oxygens (including phenoxy) is 2. The molecule has 2 aromatic rings. The molecule has 0 atom stereocenters. The highest BCUT2D eigenvalue weighted by Gasteiger charge is 2.34. The fourth-order valence-electron chi connectivity index (χ4n) is 3.00. The van der Waals surface area contributed by atoms with E-state index in [1.54, 1.807) is 37.8 Å². The van der Waals surface area contributed by atoms with Crippen LogP contribution in [-0.4, -0.2) is 23.1 Å². The van der Waals surface area contributed by atoms with E-state index in [0.717, 1.165) is 17.2 Å². The average molecular weight is 411 g/mol. The lowest BCUT2D eigenvalue weighted by atomic mass is 10.00.